The SMILES string of the molecule is CCC1CN(c2ccc3ncsc3c2)C(C(C)C)CN1. The molecule has 1 aromatic heterocycles. The highest BCUT2D eigenvalue weighted by atomic mass is 32.1. The number of thiazole rings is 1. The van der Waals surface area contributed by atoms with E-state index in [0.717, 1.165) is 18.6 Å². The Balaban J connectivity index is 1.93. The third-order valence-corrected chi connectivity index (χ3v) is 5.13. The number of hydrogen-bond donors (Lipinski definition) is 1. The van der Waals surface area contributed by atoms with Crippen LogP contribution >= 0.6 is 11.3 Å². The van der Waals surface area contributed by atoms with E-state index in [4.69, 9.17) is 0 Å². The molecule has 0 spiro atoms. The van der Waals surface area contributed by atoms with Crippen molar-refractivity contribution in [2.24, 2.45) is 5.92 Å². The second kappa shape index (κ2) is 5.70. The van der Waals surface area contributed by atoms with E-state index in [1.54, 1.807) is 11.3 Å². The smallest absolute Gasteiger partial charge is 0.0813 e. The number of benzene rings is 1. The van der Waals surface area contributed by atoms with Gasteiger partial charge in [0.15, 0.2) is 0 Å². The Bertz CT molecular complexity index is 578. The quantitative estimate of drug-likeness (QED) is 0.937. The van der Waals surface area contributed by atoms with Crippen LogP contribution in [0.1, 0.15) is 27.2 Å². The van der Waals surface area contributed by atoms with Gasteiger partial charge in [0.25, 0.3) is 0 Å². The van der Waals surface area contributed by atoms with Crippen LogP contribution in [0.2, 0.25) is 0 Å². The molecule has 0 amide bonds. The van der Waals surface area contributed by atoms with Crippen LogP contribution < -0.4 is 10.2 Å². The average Bonchev–Trinajstić information content (AvgIpc) is 2.93. The Hall–Kier alpha value is -1.13. The van der Waals surface area contributed by atoms with Gasteiger partial charge in [-0.2, -0.15) is 0 Å². The number of rotatable bonds is 3. The van der Waals surface area contributed by atoms with E-state index in [9.17, 15) is 0 Å². The number of aromatic nitrogens is 1. The van der Waals surface area contributed by atoms with Crippen molar-refractivity contribution in [1.82, 2.24) is 10.3 Å². The molecule has 20 heavy (non-hydrogen) atoms. The number of hydrogen-bond acceptors (Lipinski definition) is 4. The van der Waals surface area contributed by atoms with E-state index in [0.29, 0.717) is 18.0 Å². The van der Waals surface area contributed by atoms with E-state index in [2.05, 4.69) is 54.2 Å². The summed E-state index contributed by atoms with van der Waals surface area (Å²) in [4.78, 5) is 6.97. The molecule has 2 aromatic rings. The third-order valence-electron chi connectivity index (χ3n) is 4.34. The van der Waals surface area contributed by atoms with Gasteiger partial charge in [0.1, 0.15) is 0 Å². The molecule has 1 aliphatic rings. The Morgan fingerprint density at radius 2 is 2.30 bits per heavy atom. The largest absolute Gasteiger partial charge is 0.365 e. The monoisotopic (exact) mass is 289 g/mol. The molecular formula is C16H23N3S. The second-order valence-corrected chi connectivity index (χ2v) is 6.87. The number of nitrogens with zero attached hydrogens (tertiary/aromatic N) is 2. The van der Waals surface area contributed by atoms with E-state index in [1.165, 1.54) is 16.8 Å². The van der Waals surface area contributed by atoms with Gasteiger partial charge in [-0.05, 0) is 30.5 Å². The fourth-order valence-electron chi connectivity index (χ4n) is 3.02. The minimum atomic E-state index is 0.572. The van der Waals surface area contributed by atoms with Crippen LogP contribution in [-0.2, 0) is 0 Å². The lowest BCUT2D eigenvalue weighted by molar-refractivity contribution is 0.333. The summed E-state index contributed by atoms with van der Waals surface area (Å²) in [6, 6.07) is 7.86. The van der Waals surface area contributed by atoms with Crippen molar-refractivity contribution in [2.45, 2.75) is 39.3 Å². The summed E-state index contributed by atoms with van der Waals surface area (Å²) in [6.07, 6.45) is 1.18. The summed E-state index contributed by atoms with van der Waals surface area (Å²) in [7, 11) is 0. The van der Waals surface area contributed by atoms with Crippen molar-refractivity contribution in [3.63, 3.8) is 0 Å². The summed E-state index contributed by atoms with van der Waals surface area (Å²) < 4.78 is 1.29. The van der Waals surface area contributed by atoms with Crippen LogP contribution in [0, 0.1) is 5.92 Å². The van der Waals surface area contributed by atoms with Crippen molar-refractivity contribution in [1.29, 1.82) is 0 Å². The fraction of sp³-hybridized carbons (Fsp3) is 0.562. The van der Waals surface area contributed by atoms with Gasteiger partial charge in [0, 0.05) is 30.9 Å². The summed E-state index contributed by atoms with van der Waals surface area (Å²) in [5.41, 5.74) is 4.39. The van der Waals surface area contributed by atoms with E-state index >= 15 is 0 Å². The highest BCUT2D eigenvalue weighted by Crippen LogP contribution is 2.29. The molecule has 0 bridgehead atoms. The molecule has 3 rings (SSSR count). The zero-order valence-electron chi connectivity index (χ0n) is 12.5. The van der Waals surface area contributed by atoms with Gasteiger partial charge >= 0.3 is 0 Å². The predicted octanol–water partition coefficient (Wildman–Crippen LogP) is 3.51. The molecule has 3 nitrogen and oxygen atoms in total. The first-order valence-corrected chi connectivity index (χ1v) is 8.40. The first-order valence-electron chi connectivity index (χ1n) is 7.52. The van der Waals surface area contributed by atoms with E-state index in [-0.39, 0.29) is 0 Å². The van der Waals surface area contributed by atoms with Crippen molar-refractivity contribution < 1.29 is 0 Å². The lowest BCUT2D eigenvalue weighted by Crippen LogP contribution is -2.58. The average molecular weight is 289 g/mol. The lowest BCUT2D eigenvalue weighted by Gasteiger charge is -2.43. The van der Waals surface area contributed by atoms with Crippen molar-refractivity contribution in [3.05, 3.63) is 23.7 Å². The number of fused-ring (bicyclic) bond motifs is 1. The molecule has 1 aromatic carbocycles. The van der Waals surface area contributed by atoms with Gasteiger partial charge in [-0.1, -0.05) is 20.8 Å². The molecule has 1 fully saturated rings. The molecular weight excluding hydrogens is 266 g/mol. The van der Waals surface area contributed by atoms with Crippen molar-refractivity contribution in [3.8, 4) is 0 Å². The van der Waals surface area contributed by atoms with Gasteiger partial charge in [0.2, 0.25) is 0 Å². The summed E-state index contributed by atoms with van der Waals surface area (Å²) in [6.45, 7) is 9.08. The first kappa shape index (κ1) is 13.8. The summed E-state index contributed by atoms with van der Waals surface area (Å²) in [5, 5.41) is 3.68. The van der Waals surface area contributed by atoms with Gasteiger partial charge < -0.3 is 10.2 Å². The zero-order chi connectivity index (χ0) is 14.1. The standard InChI is InChI=1S/C16H23N3S/c1-4-12-9-19(15(8-17-12)11(2)3)13-5-6-14-16(7-13)20-10-18-14/h5-7,10-12,15,17H,4,8-9H2,1-3H3. The molecule has 2 heterocycles. The van der Waals surface area contributed by atoms with Crippen LogP contribution in [-0.4, -0.2) is 30.2 Å². The Kier molecular flexibility index (Phi) is 3.94. The Morgan fingerprint density at radius 1 is 1.45 bits per heavy atom. The van der Waals surface area contributed by atoms with Gasteiger partial charge in [-0.25, -0.2) is 4.98 Å². The molecule has 0 radical (unpaired) electrons. The molecule has 4 heteroatoms. The van der Waals surface area contributed by atoms with Gasteiger partial charge in [0.05, 0.1) is 15.7 Å². The lowest BCUT2D eigenvalue weighted by atomic mass is 9.97. The summed E-state index contributed by atoms with van der Waals surface area (Å²) in [5.74, 6) is 0.650. The molecule has 0 aliphatic carbocycles. The summed E-state index contributed by atoms with van der Waals surface area (Å²) >= 11 is 1.73. The van der Waals surface area contributed by atoms with Crippen molar-refractivity contribution in [2.75, 3.05) is 18.0 Å². The zero-order valence-corrected chi connectivity index (χ0v) is 13.3. The maximum Gasteiger partial charge on any atom is 0.0813 e. The fourth-order valence-corrected chi connectivity index (χ4v) is 3.73. The molecule has 1 saturated heterocycles. The molecule has 2 unspecified atom stereocenters. The van der Waals surface area contributed by atoms with E-state index in [1.807, 2.05) is 5.51 Å². The number of piperazine rings is 1. The maximum absolute atomic E-state index is 4.38. The molecule has 108 valence electrons. The maximum atomic E-state index is 4.38. The molecule has 0 saturated carbocycles. The van der Waals surface area contributed by atoms with Crippen LogP contribution in [0.5, 0.6) is 0 Å². The highest BCUT2D eigenvalue weighted by Gasteiger charge is 2.29. The first-order chi connectivity index (χ1) is 9.69. The molecule has 1 aliphatic heterocycles. The topological polar surface area (TPSA) is 28.2 Å². The van der Waals surface area contributed by atoms with Crippen LogP contribution in [0.25, 0.3) is 10.2 Å². The van der Waals surface area contributed by atoms with Gasteiger partial charge in [-0.3, -0.25) is 0 Å². The van der Waals surface area contributed by atoms with Gasteiger partial charge in [-0.15, -0.1) is 11.3 Å². The minimum absolute atomic E-state index is 0.572. The van der Waals surface area contributed by atoms with Crippen LogP contribution in [0.4, 0.5) is 5.69 Å². The minimum Gasteiger partial charge on any atom is -0.365 e. The third kappa shape index (κ3) is 2.54. The number of nitrogens with one attached hydrogen (secondary N) is 1. The molecule has 2 atom stereocenters. The Morgan fingerprint density at radius 3 is 3.05 bits per heavy atom. The number of anilines is 1. The molecule has 1 N–H and O–H groups in total. The Labute approximate surface area is 125 Å². The van der Waals surface area contributed by atoms with E-state index < -0.39 is 0 Å². The normalized spacial score (nSPS) is 23.7. The predicted molar refractivity (Wildman–Crippen MR) is 87.7 cm³/mol. The van der Waals surface area contributed by atoms with Crippen molar-refractivity contribution >= 4 is 27.2 Å². The highest BCUT2D eigenvalue weighted by molar-refractivity contribution is 7.16. The van der Waals surface area contributed by atoms with Crippen LogP contribution in [0.3, 0.4) is 0 Å². The van der Waals surface area contributed by atoms with Crippen LogP contribution in [0.15, 0.2) is 23.7 Å². The second-order valence-electron chi connectivity index (χ2n) is 5.98.